The van der Waals surface area contributed by atoms with Crippen molar-refractivity contribution in [1.29, 1.82) is 0 Å². The van der Waals surface area contributed by atoms with E-state index in [1.54, 1.807) is 23.9 Å². The van der Waals surface area contributed by atoms with Crippen LogP contribution in [0.15, 0.2) is 23.1 Å². The van der Waals surface area contributed by atoms with E-state index in [4.69, 9.17) is 27.9 Å². The van der Waals surface area contributed by atoms with Crippen LogP contribution in [0.3, 0.4) is 0 Å². The van der Waals surface area contributed by atoms with E-state index in [1.165, 1.54) is 7.11 Å². The van der Waals surface area contributed by atoms with Crippen molar-refractivity contribution in [3.8, 4) is 0 Å². The largest absolute Gasteiger partial charge is 0.468 e. The van der Waals surface area contributed by atoms with Crippen molar-refractivity contribution in [2.24, 2.45) is 0 Å². The third-order valence-electron chi connectivity index (χ3n) is 2.81. The molecule has 1 atom stereocenters. The van der Waals surface area contributed by atoms with Gasteiger partial charge in [-0.15, -0.1) is 11.8 Å². The number of esters is 1. The lowest BCUT2D eigenvalue weighted by atomic mass is 10.3. The molecule has 1 saturated carbocycles. The van der Waals surface area contributed by atoms with Crippen LogP contribution in [0.5, 0.6) is 0 Å². The van der Waals surface area contributed by atoms with Crippen LogP contribution in [-0.2, 0) is 9.53 Å². The van der Waals surface area contributed by atoms with Crippen LogP contribution < -0.4 is 5.32 Å². The highest BCUT2D eigenvalue weighted by Crippen LogP contribution is 2.29. The van der Waals surface area contributed by atoms with Crippen molar-refractivity contribution in [2.45, 2.75) is 29.8 Å². The summed E-state index contributed by atoms with van der Waals surface area (Å²) in [5, 5.41) is 4.34. The van der Waals surface area contributed by atoms with Gasteiger partial charge in [-0.25, -0.2) is 0 Å². The van der Waals surface area contributed by atoms with Crippen molar-refractivity contribution in [3.63, 3.8) is 0 Å². The van der Waals surface area contributed by atoms with Crippen LogP contribution >= 0.6 is 35.0 Å². The smallest absolute Gasteiger partial charge is 0.323 e. The maximum absolute atomic E-state index is 11.7. The predicted octanol–water partition coefficient (Wildman–Crippen LogP) is 3.38. The Hall–Kier alpha value is -0.420. The second kappa shape index (κ2) is 6.84. The molecule has 19 heavy (non-hydrogen) atoms. The summed E-state index contributed by atoms with van der Waals surface area (Å²) in [4.78, 5) is 12.7. The van der Waals surface area contributed by atoms with Gasteiger partial charge in [-0.2, -0.15) is 0 Å². The lowest BCUT2D eigenvalue weighted by molar-refractivity contribution is -0.142. The number of rotatable bonds is 6. The summed E-state index contributed by atoms with van der Waals surface area (Å²) < 4.78 is 4.81. The van der Waals surface area contributed by atoms with E-state index in [9.17, 15) is 4.79 Å². The molecule has 6 heteroatoms. The van der Waals surface area contributed by atoms with E-state index in [-0.39, 0.29) is 12.0 Å². The van der Waals surface area contributed by atoms with E-state index >= 15 is 0 Å². The first-order valence-corrected chi connectivity index (χ1v) is 7.76. The fourth-order valence-corrected chi connectivity index (χ4v) is 2.93. The summed E-state index contributed by atoms with van der Waals surface area (Å²) in [5.41, 5.74) is 0. The third kappa shape index (κ3) is 4.56. The number of benzene rings is 1. The van der Waals surface area contributed by atoms with Gasteiger partial charge in [0.2, 0.25) is 0 Å². The van der Waals surface area contributed by atoms with Gasteiger partial charge >= 0.3 is 5.97 Å². The lowest BCUT2D eigenvalue weighted by Gasteiger charge is -2.15. The average Bonchev–Trinajstić information content (AvgIpc) is 3.21. The zero-order valence-electron chi connectivity index (χ0n) is 10.5. The molecular weight excluding hydrogens is 305 g/mol. The Morgan fingerprint density at radius 2 is 2.21 bits per heavy atom. The number of hydrogen-bond donors (Lipinski definition) is 1. The van der Waals surface area contributed by atoms with E-state index in [0.717, 1.165) is 17.7 Å². The number of thioether (sulfide) groups is 1. The first kappa shape index (κ1) is 15.0. The van der Waals surface area contributed by atoms with E-state index in [2.05, 4.69) is 5.32 Å². The molecule has 0 aliphatic heterocycles. The van der Waals surface area contributed by atoms with Gasteiger partial charge in [0.25, 0.3) is 0 Å². The Balaban J connectivity index is 1.93. The monoisotopic (exact) mass is 319 g/mol. The van der Waals surface area contributed by atoms with Gasteiger partial charge in [0, 0.05) is 16.7 Å². The Morgan fingerprint density at radius 3 is 2.79 bits per heavy atom. The minimum absolute atomic E-state index is 0.223. The molecule has 0 saturated heterocycles. The minimum atomic E-state index is -0.281. The molecule has 1 aliphatic carbocycles. The quantitative estimate of drug-likeness (QED) is 0.644. The highest BCUT2D eigenvalue weighted by molar-refractivity contribution is 7.99. The number of ether oxygens (including phenoxy) is 1. The van der Waals surface area contributed by atoms with Crippen LogP contribution in [-0.4, -0.2) is 30.9 Å². The molecule has 1 aromatic carbocycles. The van der Waals surface area contributed by atoms with Crippen LogP contribution in [0.25, 0.3) is 0 Å². The maximum Gasteiger partial charge on any atom is 0.323 e. The van der Waals surface area contributed by atoms with Crippen molar-refractivity contribution in [2.75, 3.05) is 12.9 Å². The summed E-state index contributed by atoms with van der Waals surface area (Å²) in [6.45, 7) is 0. The summed E-state index contributed by atoms with van der Waals surface area (Å²) >= 11 is 13.4. The number of carbonyl (C=O) groups is 1. The predicted molar refractivity (Wildman–Crippen MR) is 79.1 cm³/mol. The summed E-state index contributed by atoms with van der Waals surface area (Å²) in [6, 6.07) is 5.63. The van der Waals surface area contributed by atoms with Crippen LogP contribution in [0.2, 0.25) is 10.0 Å². The van der Waals surface area contributed by atoms with Gasteiger partial charge in [0.15, 0.2) is 0 Å². The van der Waals surface area contributed by atoms with E-state index < -0.39 is 0 Å². The van der Waals surface area contributed by atoms with Gasteiger partial charge in [0.1, 0.15) is 6.04 Å². The minimum Gasteiger partial charge on any atom is -0.468 e. The zero-order chi connectivity index (χ0) is 13.8. The molecule has 2 rings (SSSR count). The van der Waals surface area contributed by atoms with Crippen LogP contribution in [0.1, 0.15) is 12.8 Å². The molecule has 0 amide bonds. The zero-order valence-corrected chi connectivity index (χ0v) is 12.8. The fourth-order valence-electron chi connectivity index (χ4n) is 1.61. The Morgan fingerprint density at radius 1 is 1.47 bits per heavy atom. The molecule has 1 fully saturated rings. The van der Waals surface area contributed by atoms with Gasteiger partial charge in [-0.1, -0.05) is 23.2 Å². The highest BCUT2D eigenvalue weighted by Gasteiger charge is 2.28. The Kier molecular flexibility index (Phi) is 5.39. The highest BCUT2D eigenvalue weighted by atomic mass is 35.5. The van der Waals surface area contributed by atoms with Gasteiger partial charge in [-0.3, -0.25) is 4.79 Å². The first-order chi connectivity index (χ1) is 9.10. The van der Waals surface area contributed by atoms with E-state index in [1.807, 2.05) is 6.07 Å². The molecule has 0 bridgehead atoms. The van der Waals surface area contributed by atoms with Crippen molar-refractivity contribution < 1.29 is 9.53 Å². The molecule has 1 aromatic rings. The molecule has 1 unspecified atom stereocenters. The molecule has 0 radical (unpaired) electrons. The summed E-state index contributed by atoms with van der Waals surface area (Å²) in [7, 11) is 1.41. The maximum atomic E-state index is 11.7. The van der Waals surface area contributed by atoms with Crippen LogP contribution in [0.4, 0.5) is 0 Å². The SMILES string of the molecule is COC(=O)C(CSc1ccc(Cl)c(Cl)c1)NC1CC1. The fraction of sp³-hybridized carbons (Fsp3) is 0.462. The third-order valence-corrected chi connectivity index (χ3v) is 4.63. The number of carbonyl (C=O) groups excluding carboxylic acids is 1. The molecule has 1 aliphatic rings. The van der Waals surface area contributed by atoms with Crippen molar-refractivity contribution in [1.82, 2.24) is 5.32 Å². The van der Waals surface area contributed by atoms with Crippen molar-refractivity contribution in [3.05, 3.63) is 28.2 Å². The second-order valence-corrected chi connectivity index (χ2v) is 6.31. The molecular formula is C13H15Cl2NO2S. The molecule has 1 N–H and O–H groups in total. The lowest BCUT2D eigenvalue weighted by Crippen LogP contribution is -2.40. The standard InChI is InChI=1S/C13H15Cl2NO2S/c1-18-13(17)12(16-8-2-3-8)7-19-9-4-5-10(14)11(15)6-9/h4-6,8,12,16H,2-3,7H2,1H3. The number of hydrogen-bond acceptors (Lipinski definition) is 4. The molecule has 0 spiro atoms. The summed E-state index contributed by atoms with van der Waals surface area (Å²) in [5.74, 6) is 0.390. The second-order valence-electron chi connectivity index (χ2n) is 4.40. The van der Waals surface area contributed by atoms with Crippen molar-refractivity contribution >= 4 is 40.9 Å². The molecule has 0 heterocycles. The van der Waals surface area contributed by atoms with Gasteiger partial charge in [-0.05, 0) is 31.0 Å². The average molecular weight is 320 g/mol. The van der Waals surface area contributed by atoms with Gasteiger partial charge in [0.05, 0.1) is 17.2 Å². The molecule has 104 valence electrons. The first-order valence-electron chi connectivity index (χ1n) is 6.02. The molecule has 0 aromatic heterocycles. The topological polar surface area (TPSA) is 38.3 Å². The number of nitrogens with one attached hydrogen (secondary N) is 1. The number of halogens is 2. The Labute approximate surface area is 127 Å². The van der Waals surface area contributed by atoms with E-state index in [0.29, 0.717) is 21.8 Å². The number of methoxy groups -OCH3 is 1. The normalized spacial score (nSPS) is 16.2. The molecule has 3 nitrogen and oxygen atoms in total. The summed E-state index contributed by atoms with van der Waals surface area (Å²) in [6.07, 6.45) is 2.26. The van der Waals surface area contributed by atoms with Crippen LogP contribution in [0, 0.1) is 0 Å². The Bertz CT molecular complexity index is 466. The van der Waals surface area contributed by atoms with Gasteiger partial charge < -0.3 is 10.1 Å².